The van der Waals surface area contributed by atoms with Crippen molar-refractivity contribution in [2.45, 2.75) is 144 Å². The van der Waals surface area contributed by atoms with Crippen LogP contribution >= 0.6 is 0 Å². The van der Waals surface area contributed by atoms with Gasteiger partial charge >= 0.3 is 5.97 Å². The fourth-order valence-corrected chi connectivity index (χ4v) is 12.7. The van der Waals surface area contributed by atoms with Crippen LogP contribution in [-0.2, 0) is 9.59 Å². The van der Waals surface area contributed by atoms with Crippen LogP contribution in [0.25, 0.3) is 0 Å². The van der Waals surface area contributed by atoms with Crippen molar-refractivity contribution in [2.24, 2.45) is 56.7 Å². The molecule has 5 aliphatic rings. The van der Waals surface area contributed by atoms with E-state index in [9.17, 15) is 14.7 Å². The van der Waals surface area contributed by atoms with Gasteiger partial charge in [0.1, 0.15) is 0 Å². The van der Waals surface area contributed by atoms with Gasteiger partial charge in [-0.2, -0.15) is 0 Å². The molecule has 0 heterocycles. The van der Waals surface area contributed by atoms with Gasteiger partial charge in [-0.15, -0.1) is 0 Å². The van der Waals surface area contributed by atoms with Crippen LogP contribution in [0.1, 0.15) is 138 Å². The van der Waals surface area contributed by atoms with E-state index in [4.69, 9.17) is 5.11 Å². The molecule has 5 fully saturated rings. The van der Waals surface area contributed by atoms with Gasteiger partial charge in [-0.25, -0.2) is 0 Å². The van der Waals surface area contributed by atoms with E-state index in [2.05, 4.69) is 53.4 Å². The van der Waals surface area contributed by atoms with Crippen molar-refractivity contribution in [3.05, 3.63) is 12.2 Å². The second kappa shape index (κ2) is 11.2. The Morgan fingerprint density at radius 3 is 2.21 bits per heavy atom. The third-order valence-corrected chi connectivity index (χ3v) is 15.1. The summed E-state index contributed by atoms with van der Waals surface area (Å²) in [5.41, 5.74) is 1.69. The Labute approximate surface area is 256 Å². The highest BCUT2D eigenvalue weighted by Crippen LogP contribution is 2.77. The van der Waals surface area contributed by atoms with Gasteiger partial charge in [0.2, 0.25) is 5.91 Å². The molecule has 0 saturated heterocycles. The molecule has 5 heteroatoms. The van der Waals surface area contributed by atoms with Gasteiger partial charge < -0.3 is 15.5 Å². The topological polar surface area (TPSA) is 86.6 Å². The normalized spacial score (nSPS) is 45.6. The summed E-state index contributed by atoms with van der Waals surface area (Å²) in [4.78, 5) is 25.0. The minimum atomic E-state index is -0.725. The van der Waals surface area contributed by atoms with Crippen molar-refractivity contribution in [3.8, 4) is 0 Å². The number of rotatable bonds is 9. The molecule has 0 radical (unpaired) electrons. The van der Waals surface area contributed by atoms with Crippen molar-refractivity contribution in [2.75, 3.05) is 6.54 Å². The lowest BCUT2D eigenvalue weighted by Crippen LogP contribution is -2.67. The number of hydrogen-bond donors (Lipinski definition) is 3. The smallest absolute Gasteiger partial charge is 0.303 e. The average molecular weight is 584 g/mol. The minimum absolute atomic E-state index is 0.0291. The van der Waals surface area contributed by atoms with Gasteiger partial charge in [-0.05, 0) is 135 Å². The predicted molar refractivity (Wildman–Crippen MR) is 169 cm³/mol. The van der Waals surface area contributed by atoms with Crippen molar-refractivity contribution in [1.29, 1.82) is 0 Å². The molecule has 42 heavy (non-hydrogen) atoms. The Bertz CT molecular complexity index is 1070. The van der Waals surface area contributed by atoms with Gasteiger partial charge in [-0.1, -0.05) is 59.6 Å². The minimum Gasteiger partial charge on any atom is -0.481 e. The van der Waals surface area contributed by atoms with Gasteiger partial charge in [-0.3, -0.25) is 9.59 Å². The first-order chi connectivity index (χ1) is 19.6. The molecule has 0 aliphatic heterocycles. The zero-order valence-electron chi connectivity index (χ0n) is 27.7. The Hall–Kier alpha value is -1.36. The molecule has 5 saturated carbocycles. The first-order valence-electron chi connectivity index (χ1n) is 17.5. The molecular weight excluding hydrogens is 522 g/mol. The van der Waals surface area contributed by atoms with Gasteiger partial charge in [0.25, 0.3) is 0 Å². The predicted octanol–water partition coefficient (Wildman–Crippen LogP) is 8.16. The number of aliphatic hydroxyl groups is 1. The van der Waals surface area contributed by atoms with E-state index in [0.29, 0.717) is 42.6 Å². The maximum atomic E-state index is 14.2. The molecule has 10 atom stereocenters. The summed E-state index contributed by atoms with van der Waals surface area (Å²) in [6, 6.07) is 0. The number of allylic oxidation sites excluding steroid dienone is 1. The summed E-state index contributed by atoms with van der Waals surface area (Å²) in [5.74, 6) is 2.14. The van der Waals surface area contributed by atoms with Crippen LogP contribution in [-0.4, -0.2) is 34.7 Å². The van der Waals surface area contributed by atoms with Crippen LogP contribution in [0.2, 0.25) is 0 Å². The largest absolute Gasteiger partial charge is 0.481 e. The number of unbranched alkanes of at least 4 members (excludes halogenated alkanes) is 3. The first kappa shape index (κ1) is 32.0. The summed E-state index contributed by atoms with van der Waals surface area (Å²) >= 11 is 0. The quantitative estimate of drug-likeness (QED) is 0.189. The third kappa shape index (κ3) is 4.72. The highest BCUT2D eigenvalue weighted by atomic mass is 16.4. The molecule has 0 spiro atoms. The lowest BCUT2D eigenvalue weighted by atomic mass is 9.32. The molecular formula is C37H61NO4. The van der Waals surface area contributed by atoms with Crippen LogP contribution < -0.4 is 5.32 Å². The van der Waals surface area contributed by atoms with E-state index >= 15 is 0 Å². The van der Waals surface area contributed by atoms with Crippen molar-refractivity contribution in [3.63, 3.8) is 0 Å². The number of aliphatic carboxylic acids is 1. The molecule has 5 nitrogen and oxygen atoms in total. The van der Waals surface area contributed by atoms with Crippen molar-refractivity contribution >= 4 is 11.9 Å². The van der Waals surface area contributed by atoms with Gasteiger partial charge in [0.15, 0.2) is 0 Å². The number of hydrogen-bond acceptors (Lipinski definition) is 3. The maximum Gasteiger partial charge on any atom is 0.303 e. The number of fused-ring (bicyclic) bond motifs is 7. The highest BCUT2D eigenvalue weighted by Gasteiger charge is 2.71. The Morgan fingerprint density at radius 2 is 1.52 bits per heavy atom. The molecule has 5 aliphatic carbocycles. The molecule has 0 aromatic rings. The van der Waals surface area contributed by atoms with E-state index in [0.717, 1.165) is 57.8 Å². The van der Waals surface area contributed by atoms with Gasteiger partial charge in [0, 0.05) is 13.0 Å². The first-order valence-corrected chi connectivity index (χ1v) is 17.5. The fourth-order valence-electron chi connectivity index (χ4n) is 12.7. The molecule has 1 unspecified atom stereocenters. The lowest BCUT2D eigenvalue weighted by molar-refractivity contribution is -0.246. The molecule has 3 N–H and O–H groups in total. The number of aliphatic hydroxyl groups excluding tert-OH is 1. The average Bonchev–Trinajstić information content (AvgIpc) is 3.32. The number of carboxylic acid groups (broad SMARTS) is 1. The molecule has 5 rings (SSSR count). The molecule has 1 amide bonds. The van der Waals surface area contributed by atoms with E-state index in [-0.39, 0.29) is 45.5 Å². The summed E-state index contributed by atoms with van der Waals surface area (Å²) < 4.78 is 0. The van der Waals surface area contributed by atoms with Crippen LogP contribution in [0.15, 0.2) is 12.2 Å². The fraction of sp³-hybridized carbons (Fsp3) is 0.892. The third-order valence-electron chi connectivity index (χ3n) is 15.1. The van der Waals surface area contributed by atoms with Crippen LogP contribution in [0.5, 0.6) is 0 Å². The van der Waals surface area contributed by atoms with E-state index in [1.165, 1.54) is 31.3 Å². The summed E-state index contributed by atoms with van der Waals surface area (Å²) in [6.45, 7) is 19.9. The number of nitrogens with one attached hydrogen (secondary N) is 1. The second-order valence-corrected chi connectivity index (χ2v) is 17.0. The summed E-state index contributed by atoms with van der Waals surface area (Å²) in [6.07, 6.45) is 14.7. The standard InChI is InChI=1S/C37H61NO4/c1-24(2)25-15-20-37(32(42)38-23-11-9-8-10-12-30(40)41)22-21-35(6)26(31(25)37)13-14-28-34(5)18-17-29(39)33(3,4)27(34)16-19-36(28,35)7/h25-29,31,39H,1,8-23H2,2-7H3,(H,38,42)(H,40,41)/t25-,26+,27-,28?,29-,31+,34-,35+,36+,37-/m0/s1. The molecule has 0 bridgehead atoms. The Kier molecular flexibility index (Phi) is 8.56. The number of carbonyl (C=O) groups excluding carboxylic acids is 1. The Morgan fingerprint density at radius 1 is 0.810 bits per heavy atom. The van der Waals surface area contributed by atoms with Crippen molar-refractivity contribution < 1.29 is 19.8 Å². The number of carboxylic acids is 1. The zero-order chi connectivity index (χ0) is 30.7. The summed E-state index contributed by atoms with van der Waals surface area (Å²) in [5, 5.41) is 23.3. The Balaban J connectivity index is 1.37. The van der Waals surface area contributed by atoms with Crippen molar-refractivity contribution in [1.82, 2.24) is 5.32 Å². The molecule has 0 aromatic carbocycles. The molecule has 238 valence electrons. The zero-order valence-corrected chi connectivity index (χ0v) is 27.7. The molecule has 0 aromatic heterocycles. The summed E-state index contributed by atoms with van der Waals surface area (Å²) in [7, 11) is 0. The van der Waals surface area contributed by atoms with Crippen LogP contribution in [0.4, 0.5) is 0 Å². The SMILES string of the molecule is C=C(C)[C@@H]1CC[C@]2(C(=O)NCCCCCCC(=O)O)CC[C@]3(C)[C@H](CCC4[C@@]5(C)CC[C@H](O)C(C)(C)[C@@H]5CC[C@]43C)[C@@H]12. The maximum absolute atomic E-state index is 14.2. The lowest BCUT2D eigenvalue weighted by Gasteiger charge is -2.72. The monoisotopic (exact) mass is 583 g/mol. The van der Waals surface area contributed by atoms with E-state index in [1.807, 2.05) is 0 Å². The van der Waals surface area contributed by atoms with Crippen LogP contribution in [0, 0.1) is 56.7 Å². The van der Waals surface area contributed by atoms with Crippen LogP contribution in [0.3, 0.4) is 0 Å². The van der Waals surface area contributed by atoms with E-state index < -0.39 is 5.97 Å². The second-order valence-electron chi connectivity index (χ2n) is 17.0. The number of amides is 1. The number of carbonyl (C=O) groups is 2. The highest BCUT2D eigenvalue weighted by molar-refractivity contribution is 5.83. The van der Waals surface area contributed by atoms with Gasteiger partial charge in [0.05, 0.1) is 11.5 Å². The van der Waals surface area contributed by atoms with E-state index in [1.54, 1.807) is 0 Å².